The first-order valence-electron chi connectivity index (χ1n) is 14.3. The Kier molecular flexibility index (Phi) is 8.35. The summed E-state index contributed by atoms with van der Waals surface area (Å²) in [6.07, 6.45) is 4.68. The Morgan fingerprint density at radius 1 is 1.14 bits per heavy atom. The minimum absolute atomic E-state index is 0.0446. The number of nitrogens with one attached hydrogen (secondary N) is 1. The lowest BCUT2D eigenvalue weighted by atomic mass is 9.78. The van der Waals surface area contributed by atoms with Gasteiger partial charge in [0.2, 0.25) is 5.88 Å². The highest BCUT2D eigenvalue weighted by Gasteiger charge is 2.33. The number of nitro benzene ring substituents is 1. The molecule has 2 aromatic heterocycles. The maximum atomic E-state index is 12.4. The summed E-state index contributed by atoms with van der Waals surface area (Å²) in [5.41, 5.74) is 7.34. The van der Waals surface area contributed by atoms with E-state index in [4.69, 9.17) is 25.0 Å². The zero-order valence-corrected chi connectivity index (χ0v) is 24.4. The number of non-ortho nitro benzene ring substituents is 1. The number of hydrogen-bond acceptors (Lipinski definition) is 10. The van der Waals surface area contributed by atoms with E-state index in [0.29, 0.717) is 24.6 Å². The Morgan fingerprint density at radius 3 is 2.55 bits per heavy atom. The summed E-state index contributed by atoms with van der Waals surface area (Å²) >= 11 is 0. The molecule has 224 valence electrons. The number of rotatable bonds is 9. The van der Waals surface area contributed by atoms with Crippen LogP contribution >= 0.6 is 0 Å². The molecule has 3 aromatic rings. The van der Waals surface area contributed by atoms with Crippen LogP contribution < -0.4 is 20.5 Å². The molecular formula is C30H38N6O6. The van der Waals surface area contributed by atoms with E-state index in [9.17, 15) is 14.9 Å². The number of carbonyl (C=O) groups is 1. The second-order valence-corrected chi connectivity index (χ2v) is 12.2. The molecule has 0 spiro atoms. The second-order valence-electron chi connectivity index (χ2n) is 12.2. The molecule has 12 nitrogen and oxygen atoms in total. The Balaban J connectivity index is 1.21. The Bertz CT molecular complexity index is 1410. The molecule has 0 saturated heterocycles. The molecule has 3 atom stereocenters. The summed E-state index contributed by atoms with van der Waals surface area (Å²) in [5, 5.41) is 19.3. The molecule has 2 aliphatic rings. The molecule has 0 unspecified atom stereocenters. The molecule has 2 heterocycles. The van der Waals surface area contributed by atoms with Crippen molar-refractivity contribution in [2.75, 3.05) is 5.32 Å². The number of ether oxygens (including phenoxy) is 3. The van der Waals surface area contributed by atoms with Gasteiger partial charge in [-0.05, 0) is 83.9 Å². The number of nitrogens with two attached hydrogens (primary N) is 1. The highest BCUT2D eigenvalue weighted by molar-refractivity contribution is 5.64. The fourth-order valence-corrected chi connectivity index (χ4v) is 5.49. The predicted molar refractivity (Wildman–Crippen MR) is 156 cm³/mol. The molecular weight excluding hydrogens is 540 g/mol. The van der Waals surface area contributed by atoms with Gasteiger partial charge in [-0.3, -0.25) is 10.1 Å². The number of benzene rings is 1. The van der Waals surface area contributed by atoms with Crippen molar-refractivity contribution in [3.63, 3.8) is 0 Å². The quantitative estimate of drug-likeness (QED) is 0.133. The third kappa shape index (κ3) is 6.99. The van der Waals surface area contributed by atoms with E-state index in [-0.39, 0.29) is 41.1 Å². The summed E-state index contributed by atoms with van der Waals surface area (Å²) in [6.45, 7) is 8.34. The molecule has 0 amide bonds. The van der Waals surface area contributed by atoms with Crippen LogP contribution in [0.5, 0.6) is 11.6 Å². The van der Waals surface area contributed by atoms with Crippen LogP contribution in [-0.4, -0.2) is 44.1 Å². The van der Waals surface area contributed by atoms with Crippen molar-refractivity contribution in [3.8, 4) is 11.6 Å². The van der Waals surface area contributed by atoms with E-state index in [2.05, 4.69) is 38.0 Å². The first kappa shape index (κ1) is 29.3. The molecule has 3 N–H and O–H groups in total. The third-order valence-corrected chi connectivity index (χ3v) is 7.87. The Morgan fingerprint density at radius 2 is 1.88 bits per heavy atom. The summed E-state index contributed by atoms with van der Waals surface area (Å²) in [4.78, 5) is 27.1. The molecule has 2 aliphatic carbocycles. The number of carbonyl (C=O) groups excluding carboxylic acids is 1. The van der Waals surface area contributed by atoms with Gasteiger partial charge in [0.05, 0.1) is 16.2 Å². The van der Waals surface area contributed by atoms with Crippen LogP contribution in [0.3, 0.4) is 0 Å². The van der Waals surface area contributed by atoms with E-state index in [1.54, 1.807) is 6.20 Å². The molecule has 1 aromatic carbocycles. The molecule has 2 saturated carbocycles. The first-order valence-corrected chi connectivity index (χ1v) is 14.3. The van der Waals surface area contributed by atoms with Crippen LogP contribution in [0.2, 0.25) is 0 Å². The van der Waals surface area contributed by atoms with Crippen molar-refractivity contribution in [2.24, 2.45) is 11.7 Å². The molecule has 42 heavy (non-hydrogen) atoms. The SMILES string of the molecule is C[C@H](Oc1cc(Nc2cc([C@H]3CC[C@@H](OC(=O)Oc4ccc([N+](=O)[O-])cc4)C3)nn2C(C)(C)C)ccn1)C1CC(N)C1. The van der Waals surface area contributed by atoms with E-state index in [1.807, 2.05) is 22.9 Å². The molecule has 0 radical (unpaired) electrons. The van der Waals surface area contributed by atoms with Crippen LogP contribution in [0.15, 0.2) is 48.7 Å². The maximum Gasteiger partial charge on any atom is 0.514 e. The lowest BCUT2D eigenvalue weighted by molar-refractivity contribution is -0.384. The van der Waals surface area contributed by atoms with Crippen LogP contribution in [0.1, 0.15) is 71.4 Å². The topological polar surface area (TPSA) is 157 Å². The van der Waals surface area contributed by atoms with E-state index < -0.39 is 11.1 Å². The fraction of sp³-hybridized carbons (Fsp3) is 0.500. The Labute approximate surface area is 244 Å². The molecule has 0 bridgehead atoms. The highest BCUT2D eigenvalue weighted by Crippen LogP contribution is 2.38. The van der Waals surface area contributed by atoms with Gasteiger partial charge in [0.1, 0.15) is 23.8 Å². The second kappa shape index (κ2) is 12.0. The van der Waals surface area contributed by atoms with Crippen molar-refractivity contribution in [3.05, 3.63) is 64.5 Å². The summed E-state index contributed by atoms with van der Waals surface area (Å²) in [7, 11) is 0. The van der Waals surface area contributed by atoms with Gasteiger partial charge in [-0.25, -0.2) is 14.5 Å². The standard InChI is InChI=1S/C30H38N6O6/c1-18(20-13-21(31)14-20)40-28-16-22(11-12-32-28)33-27-17-26(34-35(27)30(2,3)4)19-5-8-25(15-19)42-29(37)41-24-9-6-23(7-10-24)36(38)39/h6-7,9-12,16-21,25H,5,8,13-15,31H2,1-4H3,(H,32,33)/t18-,19-,20?,21?,25+/m0/s1. The van der Waals surface area contributed by atoms with Gasteiger partial charge < -0.3 is 25.3 Å². The summed E-state index contributed by atoms with van der Waals surface area (Å²) < 4.78 is 18.9. The van der Waals surface area contributed by atoms with Crippen molar-refractivity contribution in [2.45, 2.75) is 89.5 Å². The summed E-state index contributed by atoms with van der Waals surface area (Å²) in [5.74, 6) is 2.15. The minimum atomic E-state index is -0.831. The van der Waals surface area contributed by atoms with E-state index in [0.717, 1.165) is 36.5 Å². The molecule has 12 heteroatoms. The number of nitro groups is 1. The van der Waals surface area contributed by atoms with Gasteiger partial charge in [-0.15, -0.1) is 0 Å². The van der Waals surface area contributed by atoms with Crippen molar-refractivity contribution in [1.29, 1.82) is 0 Å². The monoisotopic (exact) mass is 578 g/mol. The lowest BCUT2D eigenvalue weighted by Gasteiger charge is -2.36. The van der Waals surface area contributed by atoms with Crippen LogP contribution in [-0.2, 0) is 10.3 Å². The van der Waals surface area contributed by atoms with Gasteiger partial charge in [0, 0.05) is 48.1 Å². The summed E-state index contributed by atoms with van der Waals surface area (Å²) in [6, 6.07) is 11.4. The molecule has 5 rings (SSSR count). The lowest BCUT2D eigenvalue weighted by Crippen LogP contribution is -2.43. The van der Waals surface area contributed by atoms with Gasteiger partial charge in [-0.2, -0.15) is 5.10 Å². The zero-order chi connectivity index (χ0) is 30.0. The zero-order valence-electron chi connectivity index (χ0n) is 24.4. The first-order chi connectivity index (χ1) is 19.9. The fourth-order valence-electron chi connectivity index (χ4n) is 5.49. The van der Waals surface area contributed by atoms with Crippen LogP contribution in [0.4, 0.5) is 22.0 Å². The van der Waals surface area contributed by atoms with E-state index in [1.165, 1.54) is 24.3 Å². The largest absolute Gasteiger partial charge is 0.514 e. The molecule has 0 aliphatic heterocycles. The smallest absolute Gasteiger partial charge is 0.474 e. The number of hydrogen-bond donors (Lipinski definition) is 2. The van der Waals surface area contributed by atoms with Crippen molar-refractivity contribution < 1.29 is 23.9 Å². The van der Waals surface area contributed by atoms with Crippen molar-refractivity contribution >= 4 is 23.3 Å². The van der Waals surface area contributed by atoms with Crippen molar-refractivity contribution in [1.82, 2.24) is 14.8 Å². The Hall–Kier alpha value is -4.19. The van der Waals surface area contributed by atoms with Gasteiger partial charge in [-0.1, -0.05) is 0 Å². The highest BCUT2D eigenvalue weighted by atomic mass is 16.7. The normalized spacial score (nSPS) is 22.6. The number of pyridine rings is 1. The average Bonchev–Trinajstić information content (AvgIpc) is 3.54. The van der Waals surface area contributed by atoms with Gasteiger partial charge in [0.25, 0.3) is 5.69 Å². The van der Waals surface area contributed by atoms with Gasteiger partial charge >= 0.3 is 6.16 Å². The molecule has 2 fully saturated rings. The minimum Gasteiger partial charge on any atom is -0.474 e. The number of anilines is 2. The third-order valence-electron chi connectivity index (χ3n) is 7.87. The maximum absolute atomic E-state index is 12.4. The number of nitrogens with zero attached hydrogens (tertiary/aromatic N) is 4. The predicted octanol–water partition coefficient (Wildman–Crippen LogP) is 6.04. The van der Waals surface area contributed by atoms with Gasteiger partial charge in [0.15, 0.2) is 0 Å². The van der Waals surface area contributed by atoms with E-state index >= 15 is 0 Å². The number of aromatic nitrogens is 3. The average molecular weight is 579 g/mol. The van der Waals surface area contributed by atoms with Crippen LogP contribution in [0.25, 0.3) is 0 Å². The van der Waals surface area contributed by atoms with Crippen LogP contribution in [0, 0.1) is 16.0 Å².